The van der Waals surface area contributed by atoms with E-state index in [1.54, 1.807) is 0 Å². The normalized spacial score (nSPS) is 10.1. The maximum atomic E-state index is 11.5. The summed E-state index contributed by atoms with van der Waals surface area (Å²) in [6.45, 7) is 3.02. The summed E-state index contributed by atoms with van der Waals surface area (Å²) in [5.41, 5.74) is 3.55. The Kier molecular flexibility index (Phi) is 6.12. The van der Waals surface area contributed by atoms with Gasteiger partial charge in [0.2, 0.25) is 0 Å². The second-order valence-corrected chi connectivity index (χ2v) is 4.95. The second kappa shape index (κ2) is 7.37. The number of hydrogen-bond acceptors (Lipinski definition) is 2. The Hall–Kier alpha value is -1.44. The van der Waals surface area contributed by atoms with Crippen LogP contribution < -0.4 is 0 Å². The van der Waals surface area contributed by atoms with Crippen LogP contribution in [0.4, 0.5) is 0 Å². The first-order valence-electron chi connectivity index (χ1n) is 6.60. The van der Waals surface area contributed by atoms with Crippen molar-refractivity contribution in [1.82, 2.24) is 0 Å². The van der Waals surface area contributed by atoms with Crippen molar-refractivity contribution in [3.05, 3.63) is 58.7 Å². The van der Waals surface area contributed by atoms with Gasteiger partial charge in [-0.2, -0.15) is 29.3 Å². The summed E-state index contributed by atoms with van der Waals surface area (Å²) in [7, 11) is 0. The third-order valence-corrected chi connectivity index (χ3v) is 3.37. The molecule has 0 radical (unpaired) electrons. The Morgan fingerprint density at radius 2 is 1.80 bits per heavy atom. The minimum absolute atomic E-state index is 0. The van der Waals surface area contributed by atoms with E-state index in [9.17, 15) is 9.59 Å². The van der Waals surface area contributed by atoms with Gasteiger partial charge in [0.25, 0.3) is 0 Å². The molecule has 0 aliphatic carbocycles. The van der Waals surface area contributed by atoms with Gasteiger partial charge in [0.1, 0.15) is 5.78 Å². The molecule has 0 saturated heterocycles. The molecule has 2 rings (SSSR count). The number of aryl methyl sites for hydroxylation is 2. The summed E-state index contributed by atoms with van der Waals surface area (Å²) in [6.07, 6.45) is 2.96. The molecule has 108 valence electrons. The SMILES string of the molecule is CC(=O)c1cc(CCC[c-]2cccc2)c[c-]1C(C)=O.[Fe]. The molecule has 0 spiro atoms. The molecule has 2 aromatic carbocycles. The van der Waals surface area contributed by atoms with E-state index in [0.29, 0.717) is 11.1 Å². The predicted molar refractivity (Wildman–Crippen MR) is 76.1 cm³/mol. The Labute approximate surface area is 130 Å². The monoisotopic (exact) mass is 310 g/mol. The van der Waals surface area contributed by atoms with Crippen LogP contribution >= 0.6 is 0 Å². The molecule has 2 aromatic rings. The minimum Gasteiger partial charge on any atom is -0.352 e. The summed E-state index contributed by atoms with van der Waals surface area (Å²) in [6, 6.07) is 12.0. The zero-order valence-corrected chi connectivity index (χ0v) is 12.9. The topological polar surface area (TPSA) is 34.1 Å². The molecule has 20 heavy (non-hydrogen) atoms. The van der Waals surface area contributed by atoms with Crippen molar-refractivity contribution in [3.63, 3.8) is 0 Å². The third-order valence-electron chi connectivity index (χ3n) is 3.37. The fraction of sp³-hybridized carbons (Fsp3) is 0.294. The summed E-state index contributed by atoms with van der Waals surface area (Å²) < 4.78 is 0. The van der Waals surface area contributed by atoms with Crippen molar-refractivity contribution < 1.29 is 26.7 Å². The summed E-state index contributed by atoms with van der Waals surface area (Å²) in [5.74, 6) is -0.0695. The van der Waals surface area contributed by atoms with E-state index in [0.717, 1.165) is 24.8 Å². The van der Waals surface area contributed by atoms with Crippen LogP contribution in [0.5, 0.6) is 0 Å². The number of hydrogen-bond donors (Lipinski definition) is 0. The van der Waals surface area contributed by atoms with Crippen molar-refractivity contribution in [2.75, 3.05) is 0 Å². The molecule has 0 unspecified atom stereocenters. The predicted octanol–water partition coefficient (Wildman–Crippen LogP) is 3.70. The first-order chi connectivity index (χ1) is 9.08. The van der Waals surface area contributed by atoms with Crippen molar-refractivity contribution in [2.45, 2.75) is 33.1 Å². The van der Waals surface area contributed by atoms with E-state index in [1.165, 1.54) is 19.4 Å². The fourth-order valence-electron chi connectivity index (χ4n) is 2.37. The van der Waals surface area contributed by atoms with Crippen LogP contribution in [0.15, 0.2) is 36.4 Å². The quantitative estimate of drug-likeness (QED) is 0.463. The van der Waals surface area contributed by atoms with Gasteiger partial charge < -0.3 is 9.59 Å². The molecule has 0 N–H and O–H groups in total. The summed E-state index contributed by atoms with van der Waals surface area (Å²) in [5, 5.41) is 0. The third kappa shape index (κ3) is 4.03. The molecular weight excluding hydrogens is 292 g/mol. The van der Waals surface area contributed by atoms with Gasteiger partial charge in [-0.1, -0.05) is 24.8 Å². The van der Waals surface area contributed by atoms with Gasteiger partial charge in [0, 0.05) is 17.1 Å². The molecule has 0 amide bonds. The molecule has 0 fully saturated rings. The van der Waals surface area contributed by atoms with E-state index < -0.39 is 0 Å². The first-order valence-corrected chi connectivity index (χ1v) is 6.60. The van der Waals surface area contributed by atoms with Crippen LogP contribution in [-0.4, -0.2) is 11.6 Å². The van der Waals surface area contributed by atoms with Crippen LogP contribution in [0.3, 0.4) is 0 Å². The van der Waals surface area contributed by atoms with Crippen molar-refractivity contribution >= 4 is 11.6 Å². The van der Waals surface area contributed by atoms with Crippen LogP contribution in [0.25, 0.3) is 0 Å². The number of ketones is 2. The molecule has 0 aliphatic rings. The maximum Gasteiger partial charge on any atom is 0.119 e. The molecule has 3 heteroatoms. The zero-order chi connectivity index (χ0) is 13.8. The van der Waals surface area contributed by atoms with E-state index in [4.69, 9.17) is 0 Å². The van der Waals surface area contributed by atoms with Gasteiger partial charge in [0.05, 0.1) is 5.78 Å². The van der Waals surface area contributed by atoms with E-state index in [2.05, 4.69) is 12.1 Å². The fourth-order valence-corrected chi connectivity index (χ4v) is 2.37. The van der Waals surface area contributed by atoms with Crippen LogP contribution in [-0.2, 0) is 29.9 Å². The molecule has 0 bridgehead atoms. The molecule has 0 saturated carbocycles. The molecule has 0 atom stereocenters. The average molecular weight is 310 g/mol. The number of rotatable bonds is 6. The molecule has 2 nitrogen and oxygen atoms in total. The summed E-state index contributed by atoms with van der Waals surface area (Å²) in [4.78, 5) is 23.0. The summed E-state index contributed by atoms with van der Waals surface area (Å²) >= 11 is 0. The Morgan fingerprint density at radius 3 is 2.30 bits per heavy atom. The number of carbonyl (C=O) groups is 2. The van der Waals surface area contributed by atoms with Crippen LogP contribution in [0, 0.1) is 0 Å². The molecule has 0 aromatic heterocycles. The molecule has 0 aliphatic heterocycles. The first kappa shape index (κ1) is 16.6. The standard InChI is InChI=1S/C17H18O2.Fe/c1-12(18)16-10-15(11-17(16)13(2)19)9-5-8-14-6-3-4-7-14;/h3-4,6-7,10-11H,5,8-9H2,1-2H3;/q-2;. The van der Waals surface area contributed by atoms with Gasteiger partial charge in [-0.05, 0) is 13.8 Å². The second-order valence-electron chi connectivity index (χ2n) is 4.95. The van der Waals surface area contributed by atoms with E-state index in [-0.39, 0.29) is 28.6 Å². The Bertz CT molecular complexity index is 545. The largest absolute Gasteiger partial charge is 0.352 e. The van der Waals surface area contributed by atoms with Crippen molar-refractivity contribution in [1.29, 1.82) is 0 Å². The molecular formula is C17H18FeO2-2. The van der Waals surface area contributed by atoms with Crippen molar-refractivity contribution in [2.24, 2.45) is 0 Å². The average Bonchev–Trinajstić information content (AvgIpc) is 2.97. The minimum atomic E-state index is -0.0347. The van der Waals surface area contributed by atoms with E-state index in [1.807, 2.05) is 24.3 Å². The Morgan fingerprint density at radius 1 is 1.15 bits per heavy atom. The van der Waals surface area contributed by atoms with E-state index >= 15 is 0 Å². The van der Waals surface area contributed by atoms with Gasteiger partial charge in [0.15, 0.2) is 0 Å². The zero-order valence-electron chi connectivity index (χ0n) is 11.8. The van der Waals surface area contributed by atoms with Gasteiger partial charge in [-0.3, -0.25) is 0 Å². The van der Waals surface area contributed by atoms with Crippen LogP contribution in [0.2, 0.25) is 0 Å². The Balaban J connectivity index is 0.00000200. The maximum absolute atomic E-state index is 11.5. The van der Waals surface area contributed by atoms with Gasteiger partial charge >= 0.3 is 0 Å². The molecule has 0 heterocycles. The van der Waals surface area contributed by atoms with Gasteiger partial charge in [-0.25, -0.2) is 12.1 Å². The number of carbonyl (C=O) groups excluding carboxylic acids is 2. The number of Topliss-reactive ketones (excluding diaryl/α,β-unsaturated/α-hetero) is 2. The van der Waals surface area contributed by atoms with Crippen molar-refractivity contribution in [3.8, 4) is 0 Å². The van der Waals surface area contributed by atoms with Gasteiger partial charge in [-0.15, -0.1) is 11.6 Å². The van der Waals surface area contributed by atoms with Crippen LogP contribution in [0.1, 0.15) is 52.1 Å². The smallest absolute Gasteiger partial charge is 0.119 e.